The van der Waals surface area contributed by atoms with E-state index in [0.29, 0.717) is 0 Å². The first kappa shape index (κ1) is 32.4. The Kier molecular flexibility index (Phi) is 7.62. The average molecular weight is 700 g/mol. The van der Waals surface area contributed by atoms with Crippen LogP contribution >= 0.6 is 0 Å². The third-order valence-electron chi connectivity index (χ3n) is 11.6. The van der Waals surface area contributed by atoms with E-state index in [0.717, 1.165) is 74.5 Å². The van der Waals surface area contributed by atoms with Gasteiger partial charge in [-0.1, -0.05) is 130 Å². The fraction of sp³-hybridized carbons (Fsp3) is 0.160. The smallest absolute Gasteiger partial charge is 0.155 e. The number of nitrogens with zero attached hydrogens (tertiary/aromatic N) is 3. The van der Waals surface area contributed by atoms with Crippen molar-refractivity contribution >= 4 is 50.5 Å². The molecule has 2 heterocycles. The first-order chi connectivity index (χ1) is 26.5. The summed E-state index contributed by atoms with van der Waals surface area (Å²) >= 11 is 0. The van der Waals surface area contributed by atoms with Gasteiger partial charge in [-0.05, 0) is 83.1 Å². The predicted molar refractivity (Wildman–Crippen MR) is 225 cm³/mol. The molecule has 0 N–H and O–H groups in total. The van der Waals surface area contributed by atoms with Crippen molar-refractivity contribution in [2.75, 3.05) is 4.90 Å². The molecule has 262 valence electrons. The summed E-state index contributed by atoms with van der Waals surface area (Å²) in [5.74, 6) is 0.852. The van der Waals surface area contributed by atoms with E-state index in [1.807, 2.05) is 6.07 Å². The Bertz CT molecular complexity index is 2710. The second-order valence-corrected chi connectivity index (χ2v) is 15.3. The van der Waals surface area contributed by atoms with Crippen LogP contribution in [0.3, 0.4) is 0 Å². The number of furan rings is 1. The van der Waals surface area contributed by atoms with Crippen LogP contribution in [0, 0.1) is 5.92 Å². The van der Waals surface area contributed by atoms with Gasteiger partial charge in [0.05, 0.1) is 11.8 Å². The molecule has 54 heavy (non-hydrogen) atoms. The lowest BCUT2D eigenvalue weighted by Crippen LogP contribution is -2.32. The van der Waals surface area contributed by atoms with Crippen molar-refractivity contribution in [1.29, 1.82) is 0 Å². The van der Waals surface area contributed by atoms with Crippen LogP contribution in [0.2, 0.25) is 0 Å². The van der Waals surface area contributed by atoms with Crippen LogP contribution in [0.15, 0.2) is 178 Å². The molecule has 0 bridgehead atoms. The fourth-order valence-corrected chi connectivity index (χ4v) is 8.91. The number of anilines is 3. The van der Waals surface area contributed by atoms with E-state index in [4.69, 9.17) is 14.4 Å². The molecule has 1 aliphatic heterocycles. The van der Waals surface area contributed by atoms with E-state index in [1.54, 1.807) is 0 Å². The van der Waals surface area contributed by atoms with Gasteiger partial charge in [-0.25, -0.2) is 4.99 Å². The van der Waals surface area contributed by atoms with Crippen molar-refractivity contribution in [3.05, 3.63) is 186 Å². The maximum absolute atomic E-state index is 6.75. The highest BCUT2D eigenvalue weighted by Gasteiger charge is 2.36. The lowest BCUT2D eigenvalue weighted by molar-refractivity contribution is 0.634. The van der Waals surface area contributed by atoms with Gasteiger partial charge in [0.25, 0.3) is 0 Å². The number of allylic oxidation sites excluding steroid dienone is 2. The van der Waals surface area contributed by atoms with Gasteiger partial charge in [-0.3, -0.25) is 4.99 Å². The molecular weight excluding hydrogens is 659 g/mol. The van der Waals surface area contributed by atoms with Crippen molar-refractivity contribution in [2.24, 2.45) is 15.9 Å². The van der Waals surface area contributed by atoms with Gasteiger partial charge >= 0.3 is 0 Å². The molecule has 0 saturated heterocycles. The summed E-state index contributed by atoms with van der Waals surface area (Å²) in [7, 11) is 0. The van der Waals surface area contributed by atoms with Crippen LogP contribution in [0.25, 0.3) is 33.1 Å². The standard InChI is InChI=1S/C50H41N3O/c1-32-47(33-16-7-4-8-17-33)51-49(34-18-9-5-10-19-34)52-48(32)41-23-15-25-44-46(41)40-29-27-37(31-45(40)54-44)53(35-20-11-6-12-21-35)36-26-28-39-38-22-13-14-24-42(38)50(2,3)43(39)30-36/h5-7,9-32,47H,4,8H2,1-3H3. The lowest BCUT2D eigenvalue weighted by atomic mass is 9.82. The summed E-state index contributed by atoms with van der Waals surface area (Å²) in [6, 6.07) is 49.8. The van der Waals surface area contributed by atoms with Gasteiger partial charge in [0.1, 0.15) is 11.2 Å². The van der Waals surface area contributed by atoms with Gasteiger partial charge in [-0.15, -0.1) is 0 Å². The molecule has 2 unspecified atom stereocenters. The van der Waals surface area contributed by atoms with Crippen LogP contribution in [0.5, 0.6) is 0 Å². The minimum atomic E-state index is -0.101. The molecule has 0 saturated carbocycles. The normalized spacial score (nSPS) is 18.5. The third kappa shape index (κ3) is 5.20. The Labute approximate surface area is 316 Å². The van der Waals surface area contributed by atoms with Crippen LogP contribution in [-0.4, -0.2) is 17.6 Å². The molecule has 7 aromatic rings. The molecule has 3 aliphatic rings. The molecule has 0 radical (unpaired) electrons. The molecule has 4 nitrogen and oxygen atoms in total. The Balaban J connectivity index is 1.11. The van der Waals surface area contributed by atoms with E-state index in [2.05, 4.69) is 177 Å². The predicted octanol–water partition coefficient (Wildman–Crippen LogP) is 12.9. The van der Waals surface area contributed by atoms with Crippen molar-refractivity contribution in [2.45, 2.75) is 45.1 Å². The Morgan fingerprint density at radius 1 is 0.648 bits per heavy atom. The largest absolute Gasteiger partial charge is 0.456 e. The SMILES string of the molecule is CC1C(c2cccc3oc4cc(N(c5ccccc5)c5ccc6c(c5)C(C)(C)c5ccccc5-6)ccc4c23)=NC(c2ccccc2)=NC1C1=CCCC=C1. The molecule has 0 fully saturated rings. The van der Waals surface area contributed by atoms with Crippen LogP contribution in [-0.2, 0) is 5.41 Å². The summed E-state index contributed by atoms with van der Waals surface area (Å²) in [5, 5.41) is 2.17. The zero-order chi connectivity index (χ0) is 36.4. The number of hydrogen-bond acceptors (Lipinski definition) is 4. The number of rotatable bonds is 6. The number of amidine groups is 1. The van der Waals surface area contributed by atoms with E-state index < -0.39 is 0 Å². The number of para-hydroxylation sites is 1. The fourth-order valence-electron chi connectivity index (χ4n) is 8.91. The Morgan fingerprint density at radius 3 is 2.19 bits per heavy atom. The second-order valence-electron chi connectivity index (χ2n) is 15.3. The highest BCUT2D eigenvalue weighted by molar-refractivity contribution is 6.23. The van der Waals surface area contributed by atoms with Crippen molar-refractivity contribution < 1.29 is 4.42 Å². The second kappa shape index (κ2) is 12.7. The number of aliphatic imine (C=N–C) groups is 2. The van der Waals surface area contributed by atoms with Gasteiger partial charge in [0.2, 0.25) is 0 Å². The van der Waals surface area contributed by atoms with Crippen molar-refractivity contribution in [3.8, 4) is 11.1 Å². The highest BCUT2D eigenvalue weighted by Crippen LogP contribution is 2.51. The highest BCUT2D eigenvalue weighted by atomic mass is 16.3. The molecule has 0 amide bonds. The van der Waals surface area contributed by atoms with Gasteiger partial charge in [-0.2, -0.15) is 0 Å². The summed E-state index contributed by atoms with van der Waals surface area (Å²) in [4.78, 5) is 13.0. The first-order valence-electron chi connectivity index (χ1n) is 19.1. The van der Waals surface area contributed by atoms with E-state index in [1.165, 1.54) is 27.8 Å². The average Bonchev–Trinajstić information content (AvgIpc) is 3.71. The minimum Gasteiger partial charge on any atom is -0.456 e. The summed E-state index contributed by atoms with van der Waals surface area (Å²) < 4.78 is 6.75. The molecule has 0 spiro atoms. The maximum Gasteiger partial charge on any atom is 0.155 e. The number of fused-ring (bicyclic) bond motifs is 6. The van der Waals surface area contributed by atoms with Gasteiger partial charge < -0.3 is 9.32 Å². The molecule has 2 aliphatic carbocycles. The number of hydrogen-bond donors (Lipinski definition) is 0. The summed E-state index contributed by atoms with van der Waals surface area (Å²) in [6.45, 7) is 6.94. The Morgan fingerprint density at radius 2 is 1.37 bits per heavy atom. The Hall–Kier alpha value is -6.26. The summed E-state index contributed by atoms with van der Waals surface area (Å²) in [6.07, 6.45) is 9.00. The first-order valence-corrected chi connectivity index (χ1v) is 19.1. The topological polar surface area (TPSA) is 41.1 Å². The number of benzene rings is 6. The molecule has 10 rings (SSSR count). The monoisotopic (exact) mass is 699 g/mol. The quantitative estimate of drug-likeness (QED) is 0.173. The molecular formula is C50H41N3O. The van der Waals surface area contributed by atoms with E-state index in [9.17, 15) is 0 Å². The van der Waals surface area contributed by atoms with Crippen LogP contribution in [0.4, 0.5) is 17.1 Å². The van der Waals surface area contributed by atoms with E-state index >= 15 is 0 Å². The molecule has 1 aromatic heterocycles. The van der Waals surface area contributed by atoms with Gasteiger partial charge in [0, 0.05) is 56.4 Å². The maximum atomic E-state index is 6.75. The van der Waals surface area contributed by atoms with Crippen LogP contribution in [0.1, 0.15) is 55.9 Å². The van der Waals surface area contributed by atoms with Crippen molar-refractivity contribution in [1.82, 2.24) is 0 Å². The zero-order valence-corrected chi connectivity index (χ0v) is 30.8. The summed E-state index contributed by atoms with van der Waals surface area (Å²) in [5.41, 5.74) is 14.6. The third-order valence-corrected chi connectivity index (χ3v) is 11.6. The molecule has 6 aromatic carbocycles. The molecule has 2 atom stereocenters. The lowest BCUT2D eigenvalue weighted by Gasteiger charge is -2.29. The molecule has 4 heteroatoms. The van der Waals surface area contributed by atoms with Crippen molar-refractivity contribution in [3.63, 3.8) is 0 Å². The van der Waals surface area contributed by atoms with Gasteiger partial charge in [0.15, 0.2) is 5.84 Å². The van der Waals surface area contributed by atoms with Crippen LogP contribution < -0.4 is 4.90 Å². The van der Waals surface area contributed by atoms with E-state index in [-0.39, 0.29) is 17.4 Å². The zero-order valence-electron chi connectivity index (χ0n) is 30.8. The minimum absolute atomic E-state index is 0.0196.